The summed E-state index contributed by atoms with van der Waals surface area (Å²) >= 11 is 0. The van der Waals surface area contributed by atoms with Crippen LogP contribution in [0.15, 0.2) is 30.9 Å². The van der Waals surface area contributed by atoms with Gasteiger partial charge in [-0.1, -0.05) is 18.2 Å². The highest BCUT2D eigenvalue weighted by Gasteiger charge is 2.25. The molecular weight excluding hydrogens is 246 g/mol. The first-order valence-corrected chi connectivity index (χ1v) is 6.73. The highest BCUT2D eigenvalue weighted by Crippen LogP contribution is 2.29. The Morgan fingerprint density at radius 3 is 2.74 bits per heavy atom. The lowest BCUT2D eigenvalue weighted by atomic mass is 9.98. The molecule has 1 aliphatic heterocycles. The predicted octanol–water partition coefficient (Wildman–Crippen LogP) is 2.88. The minimum atomic E-state index is -0.767. The first kappa shape index (κ1) is 14.2. The molecule has 4 heteroatoms. The lowest BCUT2D eigenvalue weighted by Crippen LogP contribution is -2.45. The molecule has 0 amide bonds. The number of piperazine rings is 1. The van der Waals surface area contributed by atoms with Gasteiger partial charge in [0.1, 0.15) is 0 Å². The van der Waals surface area contributed by atoms with E-state index >= 15 is 0 Å². The van der Waals surface area contributed by atoms with Gasteiger partial charge in [0, 0.05) is 37.8 Å². The highest BCUT2D eigenvalue weighted by molar-refractivity contribution is 5.23. The van der Waals surface area contributed by atoms with E-state index in [-0.39, 0.29) is 6.04 Å². The fraction of sp³-hybridized carbons (Fsp3) is 0.467. The fourth-order valence-corrected chi connectivity index (χ4v) is 2.58. The molecule has 1 heterocycles. The molecule has 104 valence electrons. The van der Waals surface area contributed by atoms with Crippen LogP contribution in [0.5, 0.6) is 0 Å². The molecule has 2 rings (SSSR count). The standard InChI is InChI=1S/C15H20F2N2/c1-2-3-7-14(19-10-8-18-9-11-19)12-5-4-6-13(16)15(12)17/h2,4-6,14,18H,1,3,7-11H2/t14-/m1/s1. The van der Waals surface area contributed by atoms with Gasteiger partial charge < -0.3 is 5.32 Å². The minimum absolute atomic E-state index is 0.0733. The monoisotopic (exact) mass is 266 g/mol. The van der Waals surface area contributed by atoms with Crippen LogP contribution in [-0.2, 0) is 0 Å². The molecule has 0 aliphatic carbocycles. The second kappa shape index (κ2) is 6.78. The summed E-state index contributed by atoms with van der Waals surface area (Å²) < 4.78 is 27.4. The number of rotatable bonds is 5. The second-order valence-electron chi connectivity index (χ2n) is 4.81. The Balaban J connectivity index is 2.24. The van der Waals surface area contributed by atoms with E-state index in [9.17, 15) is 8.78 Å². The summed E-state index contributed by atoms with van der Waals surface area (Å²) in [6.45, 7) is 7.21. The third kappa shape index (κ3) is 3.39. The molecule has 0 bridgehead atoms. The van der Waals surface area contributed by atoms with Crippen LogP contribution in [0.2, 0.25) is 0 Å². The molecular formula is C15H20F2N2. The molecule has 0 aromatic heterocycles. The molecule has 0 spiro atoms. The van der Waals surface area contributed by atoms with E-state index in [0.29, 0.717) is 5.56 Å². The maximum absolute atomic E-state index is 14.0. The lowest BCUT2D eigenvalue weighted by molar-refractivity contribution is 0.162. The fourth-order valence-electron chi connectivity index (χ4n) is 2.58. The number of benzene rings is 1. The van der Waals surface area contributed by atoms with E-state index < -0.39 is 11.6 Å². The Kier molecular flexibility index (Phi) is 5.05. The van der Waals surface area contributed by atoms with E-state index in [0.717, 1.165) is 39.0 Å². The number of halogens is 2. The summed E-state index contributed by atoms with van der Waals surface area (Å²) in [5, 5.41) is 3.27. The van der Waals surface area contributed by atoms with Gasteiger partial charge in [-0.05, 0) is 18.9 Å². The Bertz CT molecular complexity index is 428. The lowest BCUT2D eigenvalue weighted by Gasteiger charge is -2.35. The maximum Gasteiger partial charge on any atom is 0.163 e. The molecule has 0 unspecified atom stereocenters. The Hall–Kier alpha value is -1.26. The molecule has 1 aliphatic rings. The van der Waals surface area contributed by atoms with Crippen LogP contribution in [0.25, 0.3) is 0 Å². The van der Waals surface area contributed by atoms with Crippen LogP contribution in [0.1, 0.15) is 24.4 Å². The van der Waals surface area contributed by atoms with Crippen LogP contribution in [0.4, 0.5) is 8.78 Å². The van der Waals surface area contributed by atoms with Crippen molar-refractivity contribution in [2.24, 2.45) is 0 Å². The van der Waals surface area contributed by atoms with Gasteiger partial charge in [-0.3, -0.25) is 4.90 Å². The zero-order valence-electron chi connectivity index (χ0n) is 11.0. The summed E-state index contributed by atoms with van der Waals surface area (Å²) in [4.78, 5) is 2.22. The van der Waals surface area contributed by atoms with E-state index in [1.54, 1.807) is 12.1 Å². The largest absolute Gasteiger partial charge is 0.314 e. The van der Waals surface area contributed by atoms with Crippen LogP contribution in [-0.4, -0.2) is 31.1 Å². The van der Waals surface area contributed by atoms with Gasteiger partial charge >= 0.3 is 0 Å². The second-order valence-corrected chi connectivity index (χ2v) is 4.81. The van der Waals surface area contributed by atoms with E-state index in [1.165, 1.54) is 6.07 Å². The molecule has 0 saturated carbocycles. The molecule has 19 heavy (non-hydrogen) atoms. The van der Waals surface area contributed by atoms with E-state index in [4.69, 9.17) is 0 Å². The molecule has 2 nitrogen and oxygen atoms in total. The normalized spacial score (nSPS) is 18.2. The van der Waals surface area contributed by atoms with Gasteiger partial charge in [0.2, 0.25) is 0 Å². The van der Waals surface area contributed by atoms with Gasteiger partial charge in [-0.2, -0.15) is 0 Å². The van der Waals surface area contributed by atoms with Gasteiger partial charge in [0.15, 0.2) is 11.6 Å². The molecule has 0 radical (unpaired) electrons. The van der Waals surface area contributed by atoms with Crippen molar-refractivity contribution >= 4 is 0 Å². The number of allylic oxidation sites excluding steroid dienone is 1. The van der Waals surface area contributed by atoms with Gasteiger partial charge in [-0.25, -0.2) is 8.78 Å². The van der Waals surface area contributed by atoms with Crippen molar-refractivity contribution in [3.8, 4) is 0 Å². The van der Waals surface area contributed by atoms with Crippen molar-refractivity contribution in [2.45, 2.75) is 18.9 Å². The minimum Gasteiger partial charge on any atom is -0.314 e. The van der Waals surface area contributed by atoms with Crippen LogP contribution in [0, 0.1) is 11.6 Å². The summed E-state index contributed by atoms with van der Waals surface area (Å²) in [5.74, 6) is -1.48. The third-order valence-corrected chi connectivity index (χ3v) is 3.58. The summed E-state index contributed by atoms with van der Waals surface area (Å²) in [7, 11) is 0. The molecule has 1 atom stereocenters. The van der Waals surface area contributed by atoms with Gasteiger partial charge in [0.25, 0.3) is 0 Å². The number of nitrogens with zero attached hydrogens (tertiary/aromatic N) is 1. The first-order chi connectivity index (χ1) is 9.24. The van der Waals surface area contributed by atoms with E-state index in [1.807, 2.05) is 6.08 Å². The van der Waals surface area contributed by atoms with Crippen molar-refractivity contribution < 1.29 is 8.78 Å². The number of hydrogen-bond donors (Lipinski definition) is 1. The molecule has 1 aromatic carbocycles. The van der Waals surface area contributed by atoms with Crippen molar-refractivity contribution in [3.63, 3.8) is 0 Å². The molecule has 1 saturated heterocycles. The number of hydrogen-bond acceptors (Lipinski definition) is 2. The quantitative estimate of drug-likeness (QED) is 0.824. The average molecular weight is 266 g/mol. The zero-order valence-corrected chi connectivity index (χ0v) is 11.0. The van der Waals surface area contributed by atoms with Crippen molar-refractivity contribution in [3.05, 3.63) is 48.1 Å². The van der Waals surface area contributed by atoms with Gasteiger partial charge in [0.05, 0.1) is 0 Å². The molecule has 1 fully saturated rings. The smallest absolute Gasteiger partial charge is 0.163 e. The third-order valence-electron chi connectivity index (χ3n) is 3.58. The number of nitrogens with one attached hydrogen (secondary N) is 1. The van der Waals surface area contributed by atoms with Crippen molar-refractivity contribution in [1.82, 2.24) is 10.2 Å². The van der Waals surface area contributed by atoms with Gasteiger partial charge in [-0.15, -0.1) is 6.58 Å². The predicted molar refractivity (Wildman–Crippen MR) is 73.0 cm³/mol. The molecule has 1 N–H and O–H groups in total. The maximum atomic E-state index is 14.0. The topological polar surface area (TPSA) is 15.3 Å². The van der Waals surface area contributed by atoms with Crippen LogP contribution >= 0.6 is 0 Å². The SMILES string of the molecule is C=CCC[C@H](c1cccc(F)c1F)N1CCNCC1. The van der Waals surface area contributed by atoms with Crippen LogP contribution < -0.4 is 5.32 Å². The Morgan fingerprint density at radius 1 is 1.32 bits per heavy atom. The Labute approximate surface area is 113 Å². The van der Waals surface area contributed by atoms with Crippen LogP contribution in [0.3, 0.4) is 0 Å². The van der Waals surface area contributed by atoms with Crippen molar-refractivity contribution in [1.29, 1.82) is 0 Å². The van der Waals surface area contributed by atoms with Crippen molar-refractivity contribution in [2.75, 3.05) is 26.2 Å². The highest BCUT2D eigenvalue weighted by atomic mass is 19.2. The van der Waals surface area contributed by atoms with E-state index in [2.05, 4.69) is 16.8 Å². The summed E-state index contributed by atoms with van der Waals surface area (Å²) in [6, 6.07) is 4.36. The summed E-state index contributed by atoms with van der Waals surface area (Å²) in [5.41, 5.74) is 0.462. The summed E-state index contributed by atoms with van der Waals surface area (Å²) in [6.07, 6.45) is 3.39. The Morgan fingerprint density at radius 2 is 2.05 bits per heavy atom. The molecule has 1 aromatic rings. The average Bonchev–Trinajstić information content (AvgIpc) is 2.45. The first-order valence-electron chi connectivity index (χ1n) is 6.73. The zero-order chi connectivity index (χ0) is 13.7.